The maximum atomic E-state index is 12.3. The summed E-state index contributed by atoms with van der Waals surface area (Å²) in [6.07, 6.45) is -3.50. The van der Waals surface area contributed by atoms with Gasteiger partial charge in [-0.15, -0.1) is 0 Å². The van der Waals surface area contributed by atoms with Gasteiger partial charge in [-0.05, 0) is 31.6 Å². The van der Waals surface area contributed by atoms with Gasteiger partial charge in [0.1, 0.15) is 0 Å². The topological polar surface area (TPSA) is 20.3 Å². The van der Waals surface area contributed by atoms with Gasteiger partial charge in [0.2, 0.25) is 0 Å². The third-order valence-corrected chi connectivity index (χ3v) is 3.42. The summed E-state index contributed by atoms with van der Waals surface area (Å²) in [5, 5.41) is 0. The monoisotopic (exact) mass is 351 g/mol. The summed E-state index contributed by atoms with van der Waals surface area (Å²) < 4.78 is 37.7. The van der Waals surface area contributed by atoms with Crippen LogP contribution in [0.4, 0.5) is 13.2 Å². The lowest BCUT2D eigenvalue weighted by Gasteiger charge is -2.21. The zero-order valence-electron chi connectivity index (χ0n) is 11.2. The standard InChI is InChI=1S/C14H17BrF3NO/c1-2-19(10-14(16,17)18)9-3-4-13(20)11-5-7-12(15)8-6-11/h5-8H,2-4,9-10H2,1H3. The van der Waals surface area contributed by atoms with E-state index in [9.17, 15) is 18.0 Å². The molecule has 0 spiro atoms. The maximum absolute atomic E-state index is 12.3. The second-order valence-electron chi connectivity index (χ2n) is 4.52. The molecule has 1 aromatic carbocycles. The summed E-state index contributed by atoms with van der Waals surface area (Å²) in [7, 11) is 0. The van der Waals surface area contributed by atoms with Gasteiger partial charge >= 0.3 is 6.18 Å². The molecule has 1 rings (SSSR count). The predicted molar refractivity (Wildman–Crippen MR) is 75.9 cm³/mol. The Bertz CT molecular complexity index is 431. The van der Waals surface area contributed by atoms with Crippen LogP contribution in [0.25, 0.3) is 0 Å². The molecule has 0 radical (unpaired) electrons. The molecule has 0 aromatic heterocycles. The number of carbonyl (C=O) groups excluding carboxylic acids is 1. The predicted octanol–water partition coefficient (Wildman–Crippen LogP) is 4.30. The van der Waals surface area contributed by atoms with Crippen molar-refractivity contribution in [1.29, 1.82) is 0 Å². The van der Waals surface area contributed by atoms with E-state index >= 15 is 0 Å². The molecule has 20 heavy (non-hydrogen) atoms. The Kier molecular flexibility index (Phi) is 6.68. The van der Waals surface area contributed by atoms with E-state index in [0.717, 1.165) is 4.47 Å². The first-order valence-electron chi connectivity index (χ1n) is 6.39. The van der Waals surface area contributed by atoms with Crippen molar-refractivity contribution in [2.75, 3.05) is 19.6 Å². The van der Waals surface area contributed by atoms with Gasteiger partial charge in [0.25, 0.3) is 0 Å². The summed E-state index contributed by atoms with van der Waals surface area (Å²) in [6, 6.07) is 6.96. The van der Waals surface area contributed by atoms with Gasteiger partial charge in [0.15, 0.2) is 5.78 Å². The van der Waals surface area contributed by atoms with Crippen LogP contribution in [0.15, 0.2) is 28.7 Å². The number of carbonyl (C=O) groups is 1. The third-order valence-electron chi connectivity index (χ3n) is 2.89. The van der Waals surface area contributed by atoms with Crippen molar-refractivity contribution in [3.8, 4) is 0 Å². The highest BCUT2D eigenvalue weighted by Gasteiger charge is 2.29. The van der Waals surface area contributed by atoms with Gasteiger partial charge in [-0.2, -0.15) is 13.2 Å². The Balaban J connectivity index is 2.39. The average Bonchev–Trinajstić information content (AvgIpc) is 2.36. The fraction of sp³-hybridized carbons (Fsp3) is 0.500. The smallest absolute Gasteiger partial charge is 0.295 e. The molecule has 0 atom stereocenters. The third kappa shape index (κ3) is 6.52. The van der Waals surface area contributed by atoms with E-state index in [0.29, 0.717) is 18.5 Å². The first kappa shape index (κ1) is 17.2. The van der Waals surface area contributed by atoms with Crippen molar-refractivity contribution in [3.05, 3.63) is 34.3 Å². The van der Waals surface area contributed by atoms with Crippen molar-refractivity contribution < 1.29 is 18.0 Å². The summed E-state index contributed by atoms with van der Waals surface area (Å²) in [4.78, 5) is 13.2. The minimum atomic E-state index is -4.19. The van der Waals surface area contributed by atoms with Crippen LogP contribution in [-0.4, -0.2) is 36.5 Å². The van der Waals surface area contributed by atoms with Crippen LogP contribution in [0.5, 0.6) is 0 Å². The van der Waals surface area contributed by atoms with Crippen molar-refractivity contribution in [1.82, 2.24) is 4.90 Å². The summed E-state index contributed by atoms with van der Waals surface area (Å²) in [6.45, 7) is 1.36. The molecule has 0 unspecified atom stereocenters. The number of hydrogen-bond donors (Lipinski definition) is 0. The normalized spacial score (nSPS) is 11.9. The van der Waals surface area contributed by atoms with Gasteiger partial charge < -0.3 is 0 Å². The van der Waals surface area contributed by atoms with E-state index in [1.165, 1.54) is 4.90 Å². The lowest BCUT2D eigenvalue weighted by atomic mass is 10.1. The van der Waals surface area contributed by atoms with Gasteiger partial charge in [0, 0.05) is 16.5 Å². The number of rotatable bonds is 7. The highest BCUT2D eigenvalue weighted by molar-refractivity contribution is 9.10. The molecule has 1 aromatic rings. The number of hydrogen-bond acceptors (Lipinski definition) is 2. The number of Topliss-reactive ketones (excluding diaryl/α,β-unsaturated/α-hetero) is 1. The van der Waals surface area contributed by atoms with Crippen LogP contribution >= 0.6 is 15.9 Å². The lowest BCUT2D eigenvalue weighted by Crippen LogP contribution is -2.34. The largest absolute Gasteiger partial charge is 0.401 e. The maximum Gasteiger partial charge on any atom is 0.401 e. The average molecular weight is 352 g/mol. The highest BCUT2D eigenvalue weighted by Crippen LogP contribution is 2.17. The minimum absolute atomic E-state index is 0.0411. The Morgan fingerprint density at radius 1 is 1.25 bits per heavy atom. The zero-order valence-corrected chi connectivity index (χ0v) is 12.8. The Morgan fingerprint density at radius 2 is 1.85 bits per heavy atom. The molecule has 2 nitrogen and oxygen atoms in total. The molecule has 112 valence electrons. The molecule has 0 N–H and O–H groups in total. The lowest BCUT2D eigenvalue weighted by molar-refractivity contribution is -0.145. The van der Waals surface area contributed by atoms with Crippen molar-refractivity contribution in [2.24, 2.45) is 0 Å². The number of benzene rings is 1. The van der Waals surface area contributed by atoms with Crippen LogP contribution in [0.3, 0.4) is 0 Å². The van der Waals surface area contributed by atoms with Gasteiger partial charge in [-0.1, -0.05) is 35.0 Å². The molecule has 0 heterocycles. The first-order valence-corrected chi connectivity index (χ1v) is 7.19. The Morgan fingerprint density at radius 3 is 2.35 bits per heavy atom. The van der Waals surface area contributed by atoms with E-state index in [1.54, 1.807) is 31.2 Å². The fourth-order valence-corrected chi connectivity index (χ4v) is 2.11. The summed E-state index contributed by atoms with van der Waals surface area (Å²) >= 11 is 3.28. The number of nitrogens with zero attached hydrogens (tertiary/aromatic N) is 1. The molecular formula is C14H17BrF3NO. The molecule has 0 aliphatic carbocycles. The molecule has 0 saturated carbocycles. The van der Waals surface area contributed by atoms with E-state index in [2.05, 4.69) is 15.9 Å². The van der Waals surface area contributed by atoms with Crippen molar-refractivity contribution in [3.63, 3.8) is 0 Å². The Labute approximate surface area is 125 Å². The van der Waals surface area contributed by atoms with E-state index in [4.69, 9.17) is 0 Å². The molecule has 0 fully saturated rings. The molecule has 0 aliphatic heterocycles. The molecule has 6 heteroatoms. The number of ketones is 1. The summed E-state index contributed by atoms with van der Waals surface area (Å²) in [5.41, 5.74) is 0.590. The number of alkyl halides is 3. The molecule has 0 aliphatic rings. The van der Waals surface area contributed by atoms with Crippen LogP contribution in [0.1, 0.15) is 30.1 Å². The van der Waals surface area contributed by atoms with Gasteiger partial charge in [0.05, 0.1) is 6.54 Å². The fourth-order valence-electron chi connectivity index (χ4n) is 1.85. The van der Waals surface area contributed by atoms with Crippen molar-refractivity contribution >= 4 is 21.7 Å². The second-order valence-corrected chi connectivity index (χ2v) is 5.43. The molecule has 0 amide bonds. The van der Waals surface area contributed by atoms with Crippen LogP contribution in [0.2, 0.25) is 0 Å². The van der Waals surface area contributed by atoms with Crippen LogP contribution < -0.4 is 0 Å². The van der Waals surface area contributed by atoms with Gasteiger partial charge in [-0.25, -0.2) is 0 Å². The molecular weight excluding hydrogens is 335 g/mol. The second kappa shape index (κ2) is 7.78. The van der Waals surface area contributed by atoms with E-state index in [-0.39, 0.29) is 18.7 Å². The van der Waals surface area contributed by atoms with Crippen LogP contribution in [0, 0.1) is 0 Å². The van der Waals surface area contributed by atoms with Crippen LogP contribution in [-0.2, 0) is 0 Å². The van der Waals surface area contributed by atoms with Gasteiger partial charge in [-0.3, -0.25) is 9.69 Å². The minimum Gasteiger partial charge on any atom is -0.295 e. The SMILES string of the molecule is CCN(CCCC(=O)c1ccc(Br)cc1)CC(F)(F)F. The first-order chi connectivity index (χ1) is 9.31. The molecule has 0 bridgehead atoms. The number of halogens is 4. The summed E-state index contributed by atoms with van der Waals surface area (Å²) in [5.74, 6) is -0.0411. The molecule has 0 saturated heterocycles. The highest BCUT2D eigenvalue weighted by atomic mass is 79.9. The van der Waals surface area contributed by atoms with Crippen molar-refractivity contribution in [2.45, 2.75) is 25.9 Å². The van der Waals surface area contributed by atoms with E-state index < -0.39 is 12.7 Å². The Hall–Kier alpha value is -0.880. The quantitative estimate of drug-likeness (QED) is 0.682. The zero-order chi connectivity index (χ0) is 15.2. The van der Waals surface area contributed by atoms with E-state index in [1.807, 2.05) is 0 Å².